The number of fused-ring (bicyclic) bond motifs is 1. The molecule has 3 heterocycles. The van der Waals surface area contributed by atoms with Crippen molar-refractivity contribution in [3.05, 3.63) is 46.5 Å². The molecule has 1 aliphatic heterocycles. The highest BCUT2D eigenvalue weighted by Crippen LogP contribution is 2.11. The fourth-order valence-corrected chi connectivity index (χ4v) is 2.08. The summed E-state index contributed by atoms with van der Waals surface area (Å²) in [5, 5.41) is 9.19. The molecule has 0 amide bonds. The van der Waals surface area contributed by atoms with Crippen LogP contribution in [0.4, 0.5) is 0 Å². The van der Waals surface area contributed by atoms with Crippen LogP contribution in [-0.2, 0) is 6.54 Å². The number of likely N-dealkylation sites (tertiary alicyclic amines) is 1. The van der Waals surface area contributed by atoms with Crippen molar-refractivity contribution >= 4 is 5.65 Å². The minimum atomic E-state index is -0.225. The van der Waals surface area contributed by atoms with Crippen LogP contribution in [0.1, 0.15) is 5.69 Å². The summed E-state index contributed by atoms with van der Waals surface area (Å²) in [6, 6.07) is 7.04. The minimum Gasteiger partial charge on any atom is -0.390 e. The number of rotatable bonds is 2. The number of pyridine rings is 1. The van der Waals surface area contributed by atoms with Crippen molar-refractivity contribution in [1.29, 1.82) is 0 Å². The molecular weight excluding hydrogens is 218 g/mol. The number of β-amino-alcohol motifs (C(OH)–C–C–N with tert-alkyl or cyclic N) is 1. The fraction of sp³-hybridized carbons (Fsp3) is 0.333. The second-order valence-corrected chi connectivity index (χ2v) is 4.36. The molecule has 0 radical (unpaired) electrons. The normalized spacial score (nSPS) is 17.2. The molecule has 0 saturated carbocycles. The molecule has 5 heteroatoms. The molecule has 88 valence electrons. The lowest BCUT2D eigenvalue weighted by Crippen LogP contribution is -2.50. The van der Waals surface area contributed by atoms with Crippen LogP contribution in [0.2, 0.25) is 0 Å². The van der Waals surface area contributed by atoms with Crippen molar-refractivity contribution in [1.82, 2.24) is 14.3 Å². The summed E-state index contributed by atoms with van der Waals surface area (Å²) in [6.45, 7) is 1.95. The van der Waals surface area contributed by atoms with Gasteiger partial charge in [-0.2, -0.15) is 0 Å². The second kappa shape index (κ2) is 3.94. The Labute approximate surface area is 97.9 Å². The zero-order valence-electron chi connectivity index (χ0n) is 9.28. The van der Waals surface area contributed by atoms with E-state index in [1.807, 2.05) is 18.2 Å². The highest BCUT2D eigenvalue weighted by molar-refractivity contribution is 5.37. The van der Waals surface area contributed by atoms with Crippen LogP contribution in [0.5, 0.6) is 0 Å². The van der Waals surface area contributed by atoms with E-state index in [2.05, 4.69) is 9.88 Å². The number of hydrogen-bond donors (Lipinski definition) is 1. The first-order valence-corrected chi connectivity index (χ1v) is 5.60. The topological polar surface area (TPSA) is 57.8 Å². The molecule has 5 nitrogen and oxygen atoms in total. The highest BCUT2D eigenvalue weighted by Gasteiger charge is 2.24. The van der Waals surface area contributed by atoms with Gasteiger partial charge in [0, 0.05) is 31.9 Å². The van der Waals surface area contributed by atoms with Crippen LogP contribution in [0.15, 0.2) is 35.3 Å². The standard InChI is InChI=1S/C12H13N3O2/c16-10-7-14(8-10)6-9-5-12(17)15-4-2-1-3-11(15)13-9/h1-5,10,16H,6-8H2. The summed E-state index contributed by atoms with van der Waals surface area (Å²) in [4.78, 5) is 18.3. The zero-order chi connectivity index (χ0) is 11.8. The Balaban J connectivity index is 1.93. The zero-order valence-corrected chi connectivity index (χ0v) is 9.28. The molecule has 2 aromatic heterocycles. The largest absolute Gasteiger partial charge is 0.390 e. The van der Waals surface area contributed by atoms with Crippen molar-refractivity contribution in [2.24, 2.45) is 0 Å². The molecule has 0 spiro atoms. The summed E-state index contributed by atoms with van der Waals surface area (Å²) in [7, 11) is 0. The van der Waals surface area contributed by atoms with Gasteiger partial charge in [-0.3, -0.25) is 14.1 Å². The Morgan fingerprint density at radius 1 is 1.41 bits per heavy atom. The van der Waals surface area contributed by atoms with Crippen molar-refractivity contribution in [2.45, 2.75) is 12.6 Å². The summed E-state index contributed by atoms with van der Waals surface area (Å²) in [5.74, 6) is 0. The lowest BCUT2D eigenvalue weighted by molar-refractivity contribution is -0.00352. The maximum absolute atomic E-state index is 11.8. The average Bonchev–Trinajstić information content (AvgIpc) is 2.27. The number of hydrogen-bond acceptors (Lipinski definition) is 4. The van der Waals surface area contributed by atoms with E-state index in [1.165, 1.54) is 4.40 Å². The van der Waals surface area contributed by atoms with Gasteiger partial charge in [-0.25, -0.2) is 4.98 Å². The molecule has 0 aliphatic carbocycles. The van der Waals surface area contributed by atoms with Crippen LogP contribution in [0.3, 0.4) is 0 Å². The Morgan fingerprint density at radius 3 is 3.00 bits per heavy atom. The Bertz CT molecular complexity index is 602. The molecule has 0 atom stereocenters. The predicted molar refractivity (Wildman–Crippen MR) is 62.7 cm³/mol. The van der Waals surface area contributed by atoms with E-state index in [4.69, 9.17) is 0 Å². The number of nitrogens with zero attached hydrogens (tertiary/aromatic N) is 3. The quantitative estimate of drug-likeness (QED) is 0.782. The molecule has 0 bridgehead atoms. The first-order valence-electron chi connectivity index (χ1n) is 5.60. The first-order chi connectivity index (χ1) is 8.22. The van der Waals surface area contributed by atoms with Crippen LogP contribution in [-0.4, -0.2) is 38.6 Å². The molecule has 0 unspecified atom stereocenters. The lowest BCUT2D eigenvalue weighted by atomic mass is 10.1. The fourth-order valence-electron chi connectivity index (χ4n) is 2.08. The summed E-state index contributed by atoms with van der Waals surface area (Å²) >= 11 is 0. The van der Waals surface area contributed by atoms with E-state index in [0.717, 1.165) is 5.69 Å². The monoisotopic (exact) mass is 231 g/mol. The van der Waals surface area contributed by atoms with E-state index >= 15 is 0 Å². The first kappa shape index (κ1) is 10.4. The summed E-state index contributed by atoms with van der Waals surface area (Å²) in [5.41, 5.74) is 1.36. The molecule has 1 saturated heterocycles. The number of aliphatic hydroxyl groups is 1. The third-order valence-electron chi connectivity index (χ3n) is 2.95. The Hall–Kier alpha value is -1.72. The van der Waals surface area contributed by atoms with Crippen LogP contribution >= 0.6 is 0 Å². The van der Waals surface area contributed by atoms with Crippen molar-refractivity contribution in [3.8, 4) is 0 Å². The molecule has 2 aromatic rings. The predicted octanol–water partition coefficient (Wildman–Crippen LogP) is -0.129. The molecular formula is C12H13N3O2. The van der Waals surface area contributed by atoms with Crippen molar-refractivity contribution < 1.29 is 5.11 Å². The van der Waals surface area contributed by atoms with E-state index in [9.17, 15) is 9.90 Å². The van der Waals surface area contributed by atoms with Gasteiger partial charge in [-0.1, -0.05) is 6.07 Å². The van der Waals surface area contributed by atoms with E-state index in [0.29, 0.717) is 25.3 Å². The maximum atomic E-state index is 11.8. The third-order valence-corrected chi connectivity index (χ3v) is 2.95. The molecule has 1 fully saturated rings. The van der Waals surface area contributed by atoms with Gasteiger partial charge in [0.25, 0.3) is 5.56 Å². The van der Waals surface area contributed by atoms with E-state index < -0.39 is 0 Å². The number of aromatic nitrogens is 2. The van der Waals surface area contributed by atoms with Crippen LogP contribution in [0.25, 0.3) is 5.65 Å². The van der Waals surface area contributed by atoms with Gasteiger partial charge in [0.1, 0.15) is 5.65 Å². The van der Waals surface area contributed by atoms with Gasteiger partial charge < -0.3 is 5.11 Å². The van der Waals surface area contributed by atoms with Gasteiger partial charge in [-0.05, 0) is 12.1 Å². The number of aliphatic hydroxyl groups excluding tert-OH is 1. The van der Waals surface area contributed by atoms with Gasteiger partial charge >= 0.3 is 0 Å². The molecule has 1 N–H and O–H groups in total. The average molecular weight is 231 g/mol. The second-order valence-electron chi connectivity index (χ2n) is 4.36. The maximum Gasteiger partial charge on any atom is 0.258 e. The van der Waals surface area contributed by atoms with E-state index in [1.54, 1.807) is 12.3 Å². The van der Waals surface area contributed by atoms with Gasteiger partial charge in [0.05, 0.1) is 11.8 Å². The van der Waals surface area contributed by atoms with Crippen LogP contribution < -0.4 is 5.56 Å². The Kier molecular flexibility index (Phi) is 2.42. The minimum absolute atomic E-state index is 0.0633. The molecule has 1 aliphatic rings. The molecule has 3 rings (SSSR count). The third kappa shape index (κ3) is 1.94. The molecule has 0 aromatic carbocycles. The van der Waals surface area contributed by atoms with Crippen molar-refractivity contribution in [3.63, 3.8) is 0 Å². The van der Waals surface area contributed by atoms with Gasteiger partial charge in [0.2, 0.25) is 0 Å². The molecule has 17 heavy (non-hydrogen) atoms. The van der Waals surface area contributed by atoms with Crippen LogP contribution in [0, 0.1) is 0 Å². The lowest BCUT2D eigenvalue weighted by Gasteiger charge is -2.35. The van der Waals surface area contributed by atoms with E-state index in [-0.39, 0.29) is 11.7 Å². The van der Waals surface area contributed by atoms with Crippen molar-refractivity contribution in [2.75, 3.05) is 13.1 Å². The SMILES string of the molecule is O=c1cc(CN2CC(O)C2)nc2ccccn12. The van der Waals surface area contributed by atoms with Gasteiger partial charge in [-0.15, -0.1) is 0 Å². The smallest absolute Gasteiger partial charge is 0.258 e. The summed E-state index contributed by atoms with van der Waals surface area (Å²) in [6.07, 6.45) is 1.48. The van der Waals surface area contributed by atoms with Gasteiger partial charge in [0.15, 0.2) is 0 Å². The Morgan fingerprint density at radius 2 is 2.24 bits per heavy atom. The highest BCUT2D eigenvalue weighted by atomic mass is 16.3. The summed E-state index contributed by atoms with van der Waals surface area (Å²) < 4.78 is 1.52.